The van der Waals surface area contributed by atoms with E-state index in [0.29, 0.717) is 30.2 Å². The average molecular weight is 409 g/mol. The van der Waals surface area contributed by atoms with E-state index in [1.165, 1.54) is 25.0 Å². The topological polar surface area (TPSA) is 73.6 Å². The van der Waals surface area contributed by atoms with Gasteiger partial charge in [0.05, 0.1) is 16.1 Å². The Bertz CT molecular complexity index is 785. The molecule has 3 rings (SSSR count). The molecule has 0 heterocycles. The maximum absolute atomic E-state index is 12.6. The summed E-state index contributed by atoms with van der Waals surface area (Å²) >= 11 is 12.4. The fraction of sp³-hybridized carbons (Fsp3) is 0.350. The average Bonchev–Trinajstić information content (AvgIpc) is 3.14. The van der Waals surface area contributed by atoms with Gasteiger partial charge < -0.3 is 20.5 Å². The van der Waals surface area contributed by atoms with E-state index in [0.717, 1.165) is 18.6 Å². The van der Waals surface area contributed by atoms with Crippen molar-refractivity contribution in [3.05, 3.63) is 52.0 Å². The number of nitrogens with one attached hydrogen (secondary N) is 1. The largest absolute Gasteiger partial charge is 0.490 e. The Morgan fingerprint density at radius 2 is 1.85 bits per heavy atom. The van der Waals surface area contributed by atoms with Gasteiger partial charge in [0, 0.05) is 23.9 Å². The van der Waals surface area contributed by atoms with Crippen molar-refractivity contribution in [3.63, 3.8) is 0 Å². The van der Waals surface area contributed by atoms with Crippen molar-refractivity contribution in [1.29, 1.82) is 0 Å². The van der Waals surface area contributed by atoms with E-state index in [4.69, 9.17) is 38.4 Å². The number of nitrogens with two attached hydrogens (primary N) is 1. The lowest BCUT2D eigenvalue weighted by atomic mass is 10.2. The zero-order chi connectivity index (χ0) is 19.2. The number of ether oxygens (including phenoxy) is 2. The molecule has 0 radical (unpaired) electrons. The number of benzene rings is 2. The number of amides is 1. The zero-order valence-electron chi connectivity index (χ0n) is 14.8. The van der Waals surface area contributed by atoms with Crippen LogP contribution < -0.4 is 20.5 Å². The first-order valence-corrected chi connectivity index (χ1v) is 9.72. The van der Waals surface area contributed by atoms with Gasteiger partial charge in [-0.1, -0.05) is 29.3 Å². The molecule has 1 aliphatic carbocycles. The molecule has 1 aliphatic rings. The number of carbonyl (C=O) groups excluding carboxylic acids is 1. The standard InChI is InChI=1S/C20H22Cl2N2O3/c21-17-10-13(11-18(22)19(17)26-9-8-23)20(25)24-14-4-3-7-16(12-14)27-15-5-1-2-6-15/h3-4,7,10-12,15H,1-2,5-6,8-9,23H2,(H,24,25). The summed E-state index contributed by atoms with van der Waals surface area (Å²) in [4.78, 5) is 12.6. The Balaban J connectivity index is 1.69. The van der Waals surface area contributed by atoms with Crippen LogP contribution in [-0.2, 0) is 0 Å². The first kappa shape index (κ1) is 19.8. The predicted octanol–water partition coefficient (Wildman–Crippen LogP) is 4.90. The molecule has 0 spiro atoms. The highest BCUT2D eigenvalue weighted by molar-refractivity contribution is 6.37. The number of rotatable bonds is 7. The summed E-state index contributed by atoms with van der Waals surface area (Å²) in [7, 11) is 0. The maximum Gasteiger partial charge on any atom is 0.255 e. The van der Waals surface area contributed by atoms with Crippen LogP contribution in [0.2, 0.25) is 10.0 Å². The third-order valence-electron chi connectivity index (χ3n) is 4.32. The number of hydrogen-bond acceptors (Lipinski definition) is 4. The molecule has 5 nitrogen and oxygen atoms in total. The third-order valence-corrected chi connectivity index (χ3v) is 4.88. The number of hydrogen-bond donors (Lipinski definition) is 2. The second-order valence-electron chi connectivity index (χ2n) is 6.41. The Morgan fingerprint density at radius 3 is 2.52 bits per heavy atom. The molecule has 27 heavy (non-hydrogen) atoms. The normalized spacial score (nSPS) is 14.2. The van der Waals surface area contributed by atoms with E-state index in [9.17, 15) is 4.79 Å². The molecule has 3 N–H and O–H groups in total. The Morgan fingerprint density at radius 1 is 1.15 bits per heavy atom. The quantitative estimate of drug-likeness (QED) is 0.682. The highest BCUT2D eigenvalue weighted by atomic mass is 35.5. The Labute approximate surface area is 168 Å². The molecule has 7 heteroatoms. The Kier molecular flexibility index (Phi) is 6.83. The van der Waals surface area contributed by atoms with E-state index in [1.807, 2.05) is 18.2 Å². The van der Waals surface area contributed by atoms with Crippen LogP contribution in [0.1, 0.15) is 36.0 Å². The van der Waals surface area contributed by atoms with Gasteiger partial charge in [-0.25, -0.2) is 0 Å². The van der Waals surface area contributed by atoms with Gasteiger partial charge in [-0.3, -0.25) is 4.79 Å². The van der Waals surface area contributed by atoms with Gasteiger partial charge in [-0.05, 0) is 49.9 Å². The van der Waals surface area contributed by atoms with Gasteiger partial charge in [0.15, 0.2) is 5.75 Å². The lowest BCUT2D eigenvalue weighted by Crippen LogP contribution is -2.14. The molecule has 1 fully saturated rings. The SMILES string of the molecule is NCCOc1c(Cl)cc(C(=O)Nc2cccc(OC3CCCC3)c2)cc1Cl. The van der Waals surface area contributed by atoms with Crippen LogP contribution in [0.15, 0.2) is 36.4 Å². The summed E-state index contributed by atoms with van der Waals surface area (Å²) in [6.07, 6.45) is 4.81. The second kappa shape index (κ2) is 9.31. The molecule has 0 aromatic heterocycles. The summed E-state index contributed by atoms with van der Waals surface area (Å²) in [6.45, 7) is 0.632. The second-order valence-corrected chi connectivity index (χ2v) is 7.23. The Hall–Kier alpha value is -1.95. The summed E-state index contributed by atoms with van der Waals surface area (Å²) in [5.41, 5.74) is 6.40. The van der Waals surface area contributed by atoms with Crippen LogP contribution >= 0.6 is 23.2 Å². The molecule has 1 amide bonds. The van der Waals surface area contributed by atoms with Crippen molar-refractivity contribution in [2.75, 3.05) is 18.5 Å². The molecular weight excluding hydrogens is 387 g/mol. The molecule has 0 saturated heterocycles. The van der Waals surface area contributed by atoms with E-state index >= 15 is 0 Å². The van der Waals surface area contributed by atoms with Gasteiger partial charge in [0.1, 0.15) is 12.4 Å². The van der Waals surface area contributed by atoms with E-state index in [-0.39, 0.29) is 22.1 Å². The first-order valence-electron chi connectivity index (χ1n) is 8.97. The number of halogens is 2. The highest BCUT2D eigenvalue weighted by Gasteiger charge is 2.17. The lowest BCUT2D eigenvalue weighted by molar-refractivity contribution is 0.102. The molecule has 2 aromatic carbocycles. The van der Waals surface area contributed by atoms with Crippen molar-refractivity contribution in [3.8, 4) is 11.5 Å². The molecule has 1 saturated carbocycles. The van der Waals surface area contributed by atoms with Crippen molar-refractivity contribution in [2.24, 2.45) is 5.73 Å². The van der Waals surface area contributed by atoms with Gasteiger partial charge in [0.2, 0.25) is 0 Å². The summed E-state index contributed by atoms with van der Waals surface area (Å²) < 4.78 is 11.4. The van der Waals surface area contributed by atoms with Crippen LogP contribution in [0.5, 0.6) is 11.5 Å². The van der Waals surface area contributed by atoms with Gasteiger partial charge >= 0.3 is 0 Å². The minimum atomic E-state index is -0.317. The van der Waals surface area contributed by atoms with E-state index in [2.05, 4.69) is 5.32 Å². The fourth-order valence-electron chi connectivity index (χ4n) is 3.04. The summed E-state index contributed by atoms with van der Waals surface area (Å²) in [6, 6.07) is 10.4. The van der Waals surface area contributed by atoms with Crippen LogP contribution in [0.4, 0.5) is 5.69 Å². The number of carbonyl (C=O) groups is 1. The molecule has 0 unspecified atom stereocenters. The first-order chi connectivity index (χ1) is 13.1. The highest BCUT2D eigenvalue weighted by Crippen LogP contribution is 2.34. The molecule has 0 aliphatic heterocycles. The zero-order valence-corrected chi connectivity index (χ0v) is 16.4. The minimum absolute atomic E-state index is 0.259. The van der Waals surface area contributed by atoms with Crippen molar-refractivity contribution in [1.82, 2.24) is 0 Å². The summed E-state index contributed by atoms with van der Waals surface area (Å²) in [5, 5.41) is 3.37. The lowest BCUT2D eigenvalue weighted by Gasteiger charge is -2.14. The molecule has 0 bridgehead atoms. The minimum Gasteiger partial charge on any atom is -0.490 e. The van der Waals surface area contributed by atoms with Gasteiger partial charge in [0.25, 0.3) is 5.91 Å². The van der Waals surface area contributed by atoms with Gasteiger partial charge in [-0.15, -0.1) is 0 Å². The predicted molar refractivity (Wildman–Crippen MR) is 108 cm³/mol. The maximum atomic E-state index is 12.6. The fourth-order valence-corrected chi connectivity index (χ4v) is 3.64. The van der Waals surface area contributed by atoms with E-state index < -0.39 is 0 Å². The van der Waals surface area contributed by atoms with Gasteiger partial charge in [-0.2, -0.15) is 0 Å². The van der Waals surface area contributed by atoms with Crippen LogP contribution in [0.25, 0.3) is 0 Å². The van der Waals surface area contributed by atoms with Crippen LogP contribution in [0, 0.1) is 0 Å². The van der Waals surface area contributed by atoms with Crippen molar-refractivity contribution in [2.45, 2.75) is 31.8 Å². The van der Waals surface area contributed by atoms with Crippen LogP contribution in [-0.4, -0.2) is 25.2 Å². The third kappa shape index (κ3) is 5.28. The molecular formula is C20H22Cl2N2O3. The van der Waals surface area contributed by atoms with Crippen molar-refractivity contribution < 1.29 is 14.3 Å². The van der Waals surface area contributed by atoms with Crippen LogP contribution in [0.3, 0.4) is 0 Å². The van der Waals surface area contributed by atoms with E-state index in [1.54, 1.807) is 6.07 Å². The number of anilines is 1. The molecule has 144 valence electrons. The molecule has 2 aromatic rings. The monoisotopic (exact) mass is 408 g/mol. The summed E-state index contributed by atoms with van der Waals surface area (Å²) in [5.74, 6) is 0.760. The smallest absolute Gasteiger partial charge is 0.255 e. The molecule has 0 atom stereocenters. The van der Waals surface area contributed by atoms with Crippen molar-refractivity contribution >= 4 is 34.8 Å².